The standard InChI is InChI=1S/C25H31FN4OS/c1-17-14-23(18(2)30(17)16-22-7-5-13-32-22)25(31)29(3)12-4-6-21-15-24(28-27-21)19-8-10-20(26)11-9-19/h5,7-11,13-14,21,24,27-28H,4,6,12,15-16H2,1-3H3. The van der Waals surface area contributed by atoms with Crippen molar-refractivity contribution in [2.75, 3.05) is 13.6 Å². The Morgan fingerprint density at radius 2 is 2.00 bits per heavy atom. The molecule has 1 fully saturated rings. The molecule has 2 atom stereocenters. The van der Waals surface area contributed by atoms with Crippen LogP contribution in [0, 0.1) is 19.7 Å². The monoisotopic (exact) mass is 454 g/mol. The quantitative estimate of drug-likeness (QED) is 0.513. The number of aromatic nitrogens is 1. The number of thiophene rings is 1. The van der Waals surface area contributed by atoms with Crippen molar-refractivity contribution in [2.24, 2.45) is 0 Å². The second-order valence-corrected chi connectivity index (χ2v) is 9.68. The largest absolute Gasteiger partial charge is 0.343 e. The Bertz CT molecular complexity index is 1040. The van der Waals surface area contributed by atoms with Crippen LogP contribution in [0.1, 0.15) is 57.5 Å². The first kappa shape index (κ1) is 22.7. The van der Waals surface area contributed by atoms with Crippen molar-refractivity contribution < 1.29 is 9.18 Å². The van der Waals surface area contributed by atoms with Gasteiger partial charge in [0.25, 0.3) is 5.91 Å². The number of hydrazine groups is 1. The predicted octanol–water partition coefficient (Wildman–Crippen LogP) is 4.81. The molecule has 1 aliphatic heterocycles. The fraction of sp³-hybridized carbons (Fsp3) is 0.400. The average Bonchev–Trinajstić information content (AvgIpc) is 3.52. The van der Waals surface area contributed by atoms with Gasteiger partial charge in [-0.1, -0.05) is 18.2 Å². The van der Waals surface area contributed by atoms with Crippen molar-refractivity contribution in [1.29, 1.82) is 0 Å². The minimum absolute atomic E-state index is 0.0808. The summed E-state index contributed by atoms with van der Waals surface area (Å²) in [6.45, 7) is 5.62. The first-order valence-electron chi connectivity index (χ1n) is 11.1. The van der Waals surface area contributed by atoms with E-state index in [0.717, 1.165) is 48.3 Å². The molecule has 1 aromatic carbocycles. The number of halogens is 1. The predicted molar refractivity (Wildman–Crippen MR) is 127 cm³/mol. The molecule has 0 saturated carbocycles. The molecule has 3 aromatic rings. The second kappa shape index (κ2) is 9.98. The zero-order valence-corrected chi connectivity index (χ0v) is 19.7. The molecule has 0 radical (unpaired) electrons. The van der Waals surface area contributed by atoms with Crippen LogP contribution < -0.4 is 10.9 Å². The Balaban J connectivity index is 1.28. The molecule has 2 aromatic heterocycles. The lowest BCUT2D eigenvalue weighted by Crippen LogP contribution is -2.32. The molecule has 1 saturated heterocycles. The number of rotatable bonds is 8. The summed E-state index contributed by atoms with van der Waals surface area (Å²) in [5.41, 5.74) is 10.7. The molecule has 1 aliphatic rings. The van der Waals surface area contributed by atoms with Gasteiger partial charge in [-0.05, 0) is 68.3 Å². The van der Waals surface area contributed by atoms with Gasteiger partial charge in [0, 0.05) is 41.9 Å². The summed E-state index contributed by atoms with van der Waals surface area (Å²) in [5, 5.41) is 2.08. The summed E-state index contributed by atoms with van der Waals surface area (Å²) in [4.78, 5) is 16.2. The van der Waals surface area contributed by atoms with E-state index >= 15 is 0 Å². The maximum atomic E-state index is 13.1. The zero-order chi connectivity index (χ0) is 22.7. The van der Waals surface area contributed by atoms with E-state index in [-0.39, 0.29) is 17.8 Å². The molecule has 2 N–H and O–H groups in total. The SMILES string of the molecule is Cc1cc(C(=O)N(C)CCCC2CC(c3ccc(F)cc3)NN2)c(C)n1Cc1cccs1. The minimum Gasteiger partial charge on any atom is -0.343 e. The maximum absolute atomic E-state index is 13.1. The van der Waals surface area contributed by atoms with E-state index < -0.39 is 0 Å². The van der Waals surface area contributed by atoms with Crippen LogP contribution in [0.5, 0.6) is 0 Å². The molecule has 1 amide bonds. The summed E-state index contributed by atoms with van der Waals surface area (Å²) in [6, 6.07) is 13.4. The highest BCUT2D eigenvalue weighted by Crippen LogP contribution is 2.25. The number of carbonyl (C=O) groups excluding carboxylic acids is 1. The molecule has 170 valence electrons. The number of hydrogen-bond acceptors (Lipinski definition) is 4. The molecule has 5 nitrogen and oxygen atoms in total. The molecule has 3 heterocycles. The van der Waals surface area contributed by atoms with Crippen molar-refractivity contribution in [3.63, 3.8) is 0 Å². The van der Waals surface area contributed by atoms with Crippen LogP contribution in [0.4, 0.5) is 4.39 Å². The molecule has 0 spiro atoms. The average molecular weight is 455 g/mol. The van der Waals surface area contributed by atoms with Gasteiger partial charge < -0.3 is 9.47 Å². The van der Waals surface area contributed by atoms with Crippen LogP contribution in [-0.2, 0) is 6.54 Å². The van der Waals surface area contributed by atoms with Crippen LogP contribution in [0.25, 0.3) is 0 Å². The van der Waals surface area contributed by atoms with E-state index in [2.05, 4.69) is 39.9 Å². The molecule has 2 unspecified atom stereocenters. The van der Waals surface area contributed by atoms with Crippen LogP contribution in [0.3, 0.4) is 0 Å². The molecule has 7 heteroatoms. The summed E-state index contributed by atoms with van der Waals surface area (Å²) in [5.74, 6) is -0.131. The number of carbonyl (C=O) groups is 1. The molecule has 4 rings (SSSR count). The summed E-state index contributed by atoms with van der Waals surface area (Å²) < 4.78 is 15.4. The van der Waals surface area contributed by atoms with Crippen LogP contribution in [0.15, 0.2) is 47.8 Å². The van der Waals surface area contributed by atoms with Gasteiger partial charge in [0.1, 0.15) is 5.82 Å². The van der Waals surface area contributed by atoms with Gasteiger partial charge in [0.2, 0.25) is 0 Å². The maximum Gasteiger partial charge on any atom is 0.255 e. The normalized spacial score (nSPS) is 18.2. The van der Waals surface area contributed by atoms with Crippen molar-refractivity contribution in [3.05, 3.63) is 81.1 Å². The highest BCUT2D eigenvalue weighted by atomic mass is 32.1. The van der Waals surface area contributed by atoms with Gasteiger partial charge in [-0.25, -0.2) is 4.39 Å². The Kier molecular flexibility index (Phi) is 7.08. The summed E-state index contributed by atoms with van der Waals surface area (Å²) >= 11 is 1.74. The van der Waals surface area contributed by atoms with Crippen molar-refractivity contribution >= 4 is 17.2 Å². The van der Waals surface area contributed by atoms with E-state index in [1.54, 1.807) is 11.3 Å². The van der Waals surface area contributed by atoms with Crippen LogP contribution in [-0.4, -0.2) is 35.0 Å². The molecular formula is C25H31FN4OS. The Labute approximate surface area is 193 Å². The number of benzene rings is 1. The third-order valence-corrected chi connectivity index (χ3v) is 7.21. The highest BCUT2D eigenvalue weighted by Gasteiger charge is 2.25. The van der Waals surface area contributed by atoms with Crippen molar-refractivity contribution in [2.45, 2.75) is 51.7 Å². The number of aryl methyl sites for hydroxylation is 1. The van der Waals surface area contributed by atoms with Crippen LogP contribution >= 0.6 is 11.3 Å². The molecule has 32 heavy (non-hydrogen) atoms. The van der Waals surface area contributed by atoms with E-state index in [1.165, 1.54) is 17.0 Å². The first-order chi connectivity index (χ1) is 15.4. The third kappa shape index (κ3) is 5.11. The van der Waals surface area contributed by atoms with Gasteiger partial charge in [-0.3, -0.25) is 15.6 Å². The third-order valence-electron chi connectivity index (χ3n) is 6.35. The Morgan fingerprint density at radius 3 is 2.72 bits per heavy atom. The topological polar surface area (TPSA) is 49.3 Å². The lowest BCUT2D eigenvalue weighted by molar-refractivity contribution is 0.0791. The lowest BCUT2D eigenvalue weighted by Gasteiger charge is -2.18. The number of nitrogens with zero attached hydrogens (tertiary/aromatic N) is 2. The van der Waals surface area contributed by atoms with Crippen molar-refractivity contribution in [3.8, 4) is 0 Å². The summed E-state index contributed by atoms with van der Waals surface area (Å²) in [7, 11) is 1.88. The molecule has 0 aliphatic carbocycles. The zero-order valence-electron chi connectivity index (χ0n) is 18.9. The van der Waals surface area contributed by atoms with Gasteiger partial charge >= 0.3 is 0 Å². The lowest BCUT2D eigenvalue weighted by atomic mass is 9.99. The van der Waals surface area contributed by atoms with Crippen molar-refractivity contribution in [1.82, 2.24) is 20.3 Å². The van der Waals surface area contributed by atoms with Gasteiger partial charge in [-0.15, -0.1) is 11.3 Å². The number of amides is 1. The fourth-order valence-corrected chi connectivity index (χ4v) is 5.12. The Morgan fingerprint density at radius 1 is 1.22 bits per heavy atom. The number of hydrogen-bond donors (Lipinski definition) is 2. The van der Waals surface area contributed by atoms with E-state index in [9.17, 15) is 9.18 Å². The molecule has 0 bridgehead atoms. The first-order valence-corrected chi connectivity index (χ1v) is 12.0. The highest BCUT2D eigenvalue weighted by molar-refractivity contribution is 7.09. The number of nitrogens with one attached hydrogen (secondary N) is 2. The molecular weight excluding hydrogens is 423 g/mol. The van der Waals surface area contributed by atoms with Gasteiger partial charge in [-0.2, -0.15) is 0 Å². The minimum atomic E-state index is -0.212. The van der Waals surface area contributed by atoms with E-state index in [0.29, 0.717) is 12.6 Å². The van der Waals surface area contributed by atoms with E-state index in [4.69, 9.17) is 0 Å². The van der Waals surface area contributed by atoms with Gasteiger partial charge in [0.15, 0.2) is 0 Å². The summed E-state index contributed by atoms with van der Waals surface area (Å²) in [6.07, 6.45) is 2.85. The van der Waals surface area contributed by atoms with Crippen LogP contribution in [0.2, 0.25) is 0 Å². The smallest absolute Gasteiger partial charge is 0.255 e. The fourth-order valence-electron chi connectivity index (χ4n) is 4.43. The second-order valence-electron chi connectivity index (χ2n) is 8.64. The van der Waals surface area contributed by atoms with E-state index in [1.807, 2.05) is 37.1 Å². The van der Waals surface area contributed by atoms with Gasteiger partial charge in [0.05, 0.1) is 12.1 Å². The Hall–Kier alpha value is -2.48.